The van der Waals surface area contributed by atoms with Gasteiger partial charge in [-0.2, -0.15) is 13.2 Å². The van der Waals surface area contributed by atoms with Crippen LogP contribution in [0.15, 0.2) is 66.9 Å². The molecule has 26 heavy (non-hydrogen) atoms. The largest absolute Gasteiger partial charge is 0.417 e. The molecule has 1 heterocycles. The van der Waals surface area contributed by atoms with Crippen LogP contribution in [0.3, 0.4) is 0 Å². The van der Waals surface area contributed by atoms with E-state index in [0.717, 1.165) is 6.07 Å². The zero-order chi connectivity index (χ0) is 18.9. The minimum atomic E-state index is -4.40. The van der Waals surface area contributed by atoms with Gasteiger partial charge in [-0.3, -0.25) is 4.98 Å². The first-order valence-electron chi connectivity index (χ1n) is 8.40. The Kier molecular flexibility index (Phi) is 4.75. The quantitative estimate of drug-likeness (QED) is 0.516. The summed E-state index contributed by atoms with van der Waals surface area (Å²) < 4.78 is 40.3. The van der Waals surface area contributed by atoms with Crippen molar-refractivity contribution in [3.8, 4) is 22.4 Å². The summed E-state index contributed by atoms with van der Waals surface area (Å²) in [5.41, 5.74) is 1.44. The first-order valence-corrected chi connectivity index (χ1v) is 11.9. The highest BCUT2D eigenvalue weighted by Gasteiger charge is 2.33. The Balaban J connectivity index is 2.10. The zero-order valence-corrected chi connectivity index (χ0v) is 15.9. The first-order chi connectivity index (χ1) is 12.2. The highest BCUT2D eigenvalue weighted by molar-refractivity contribution is 6.88. The van der Waals surface area contributed by atoms with E-state index in [-0.39, 0.29) is 5.56 Å². The van der Waals surface area contributed by atoms with Gasteiger partial charge in [0.2, 0.25) is 0 Å². The summed E-state index contributed by atoms with van der Waals surface area (Å²) in [6.45, 7) is 6.69. The maximum absolute atomic E-state index is 13.4. The molecular weight excluding hydrogens is 351 g/mol. The average Bonchev–Trinajstić information content (AvgIpc) is 2.60. The van der Waals surface area contributed by atoms with Crippen LogP contribution in [0, 0.1) is 0 Å². The summed E-state index contributed by atoms with van der Waals surface area (Å²) in [5, 5.41) is 1.22. The van der Waals surface area contributed by atoms with Crippen LogP contribution in [-0.2, 0) is 6.18 Å². The highest BCUT2D eigenvalue weighted by Crippen LogP contribution is 2.38. The number of benzene rings is 2. The van der Waals surface area contributed by atoms with Gasteiger partial charge in [0.25, 0.3) is 0 Å². The Bertz CT molecular complexity index is 895. The Morgan fingerprint density at radius 2 is 1.50 bits per heavy atom. The van der Waals surface area contributed by atoms with E-state index >= 15 is 0 Å². The maximum atomic E-state index is 13.4. The van der Waals surface area contributed by atoms with E-state index in [9.17, 15) is 13.2 Å². The predicted octanol–water partition coefficient (Wildman–Crippen LogP) is 5.98. The summed E-state index contributed by atoms with van der Waals surface area (Å²) in [7, 11) is -1.47. The molecular formula is C21H20F3NSi. The van der Waals surface area contributed by atoms with E-state index in [0.29, 0.717) is 16.8 Å². The lowest BCUT2D eigenvalue weighted by atomic mass is 9.96. The van der Waals surface area contributed by atoms with Crippen LogP contribution in [0.1, 0.15) is 5.56 Å². The fourth-order valence-electron chi connectivity index (χ4n) is 2.82. The number of pyridine rings is 1. The second kappa shape index (κ2) is 6.72. The van der Waals surface area contributed by atoms with Gasteiger partial charge in [0.1, 0.15) is 0 Å². The molecule has 0 N–H and O–H groups in total. The van der Waals surface area contributed by atoms with Crippen LogP contribution >= 0.6 is 0 Å². The molecule has 1 nitrogen and oxygen atoms in total. The average molecular weight is 371 g/mol. The second-order valence-corrected chi connectivity index (χ2v) is 12.4. The van der Waals surface area contributed by atoms with Gasteiger partial charge in [0, 0.05) is 11.8 Å². The molecule has 2 aromatic carbocycles. The Hall–Kier alpha value is -2.40. The van der Waals surface area contributed by atoms with Gasteiger partial charge < -0.3 is 0 Å². The summed E-state index contributed by atoms with van der Waals surface area (Å²) in [4.78, 5) is 4.50. The zero-order valence-electron chi connectivity index (χ0n) is 14.9. The van der Waals surface area contributed by atoms with Crippen LogP contribution < -0.4 is 5.19 Å². The fraction of sp³-hybridized carbons (Fsp3) is 0.190. The molecule has 0 radical (unpaired) electrons. The molecule has 0 fully saturated rings. The number of aromatic nitrogens is 1. The van der Waals surface area contributed by atoms with Crippen molar-refractivity contribution in [1.82, 2.24) is 4.98 Å². The molecule has 0 saturated carbocycles. The van der Waals surface area contributed by atoms with Crippen LogP contribution in [-0.4, -0.2) is 13.1 Å². The number of hydrogen-bond donors (Lipinski definition) is 0. The van der Waals surface area contributed by atoms with E-state index < -0.39 is 19.8 Å². The molecule has 0 aliphatic carbocycles. The van der Waals surface area contributed by atoms with E-state index in [1.54, 1.807) is 36.4 Å². The lowest BCUT2D eigenvalue weighted by Crippen LogP contribution is -2.37. The summed E-state index contributed by atoms with van der Waals surface area (Å²) in [6, 6.07) is 16.8. The Labute approximate surface area is 152 Å². The standard InChI is InChI=1S/C21H20F3NSi/c1-26(2,3)17-10-12-20(25-14-17)16-9-11-19(21(22,23)24)18(13-16)15-7-5-4-6-8-15/h4-14H,1-3H3. The van der Waals surface area contributed by atoms with E-state index in [4.69, 9.17) is 0 Å². The number of alkyl halides is 3. The molecule has 0 amide bonds. The van der Waals surface area contributed by atoms with Gasteiger partial charge in [-0.1, -0.05) is 62.1 Å². The first kappa shape index (κ1) is 18.4. The van der Waals surface area contributed by atoms with Gasteiger partial charge in [-0.15, -0.1) is 0 Å². The van der Waals surface area contributed by atoms with Crippen molar-refractivity contribution in [2.75, 3.05) is 0 Å². The number of halogens is 3. The third-order valence-electron chi connectivity index (χ3n) is 4.34. The molecule has 0 bridgehead atoms. The number of nitrogens with zero attached hydrogens (tertiary/aromatic N) is 1. The lowest BCUT2D eigenvalue weighted by Gasteiger charge is -2.17. The molecule has 1 aromatic heterocycles. The molecule has 0 unspecified atom stereocenters. The van der Waals surface area contributed by atoms with E-state index in [2.05, 4.69) is 24.6 Å². The van der Waals surface area contributed by atoms with Crippen molar-refractivity contribution in [1.29, 1.82) is 0 Å². The fourth-order valence-corrected chi connectivity index (χ4v) is 3.85. The van der Waals surface area contributed by atoms with Gasteiger partial charge in [-0.25, -0.2) is 0 Å². The topological polar surface area (TPSA) is 12.9 Å². The lowest BCUT2D eigenvalue weighted by molar-refractivity contribution is -0.137. The molecule has 0 aliphatic rings. The van der Waals surface area contributed by atoms with Gasteiger partial charge in [0.15, 0.2) is 0 Å². The Morgan fingerprint density at radius 3 is 2.04 bits per heavy atom. The molecule has 134 valence electrons. The number of hydrogen-bond acceptors (Lipinski definition) is 1. The monoisotopic (exact) mass is 371 g/mol. The predicted molar refractivity (Wildman–Crippen MR) is 103 cm³/mol. The molecule has 0 spiro atoms. The van der Waals surface area contributed by atoms with Gasteiger partial charge >= 0.3 is 6.18 Å². The van der Waals surface area contributed by atoms with Crippen molar-refractivity contribution in [2.24, 2.45) is 0 Å². The molecule has 3 rings (SSSR count). The van der Waals surface area contributed by atoms with Crippen LogP contribution in [0.4, 0.5) is 13.2 Å². The molecule has 3 aromatic rings. The normalized spacial score (nSPS) is 12.2. The van der Waals surface area contributed by atoms with Crippen LogP contribution in [0.2, 0.25) is 19.6 Å². The Morgan fingerprint density at radius 1 is 0.808 bits per heavy atom. The van der Waals surface area contributed by atoms with Crippen molar-refractivity contribution < 1.29 is 13.2 Å². The maximum Gasteiger partial charge on any atom is 0.417 e. The van der Waals surface area contributed by atoms with Gasteiger partial charge in [-0.05, 0) is 34.5 Å². The van der Waals surface area contributed by atoms with E-state index in [1.165, 1.54) is 11.3 Å². The van der Waals surface area contributed by atoms with Crippen LogP contribution in [0.5, 0.6) is 0 Å². The second-order valence-electron chi connectivity index (χ2n) is 7.31. The third kappa shape index (κ3) is 3.88. The van der Waals surface area contributed by atoms with Crippen molar-refractivity contribution in [3.05, 3.63) is 72.4 Å². The van der Waals surface area contributed by atoms with Crippen molar-refractivity contribution in [3.63, 3.8) is 0 Å². The summed E-state index contributed by atoms with van der Waals surface area (Å²) in [5.74, 6) is 0. The molecule has 5 heteroatoms. The summed E-state index contributed by atoms with van der Waals surface area (Å²) in [6.07, 6.45) is -2.56. The van der Waals surface area contributed by atoms with Crippen molar-refractivity contribution in [2.45, 2.75) is 25.8 Å². The third-order valence-corrected chi connectivity index (χ3v) is 6.36. The van der Waals surface area contributed by atoms with E-state index in [1.807, 2.05) is 18.3 Å². The van der Waals surface area contributed by atoms with Crippen LogP contribution in [0.25, 0.3) is 22.4 Å². The smallest absolute Gasteiger partial charge is 0.256 e. The molecule has 0 saturated heterocycles. The minimum absolute atomic E-state index is 0.173. The highest BCUT2D eigenvalue weighted by atomic mass is 28.3. The minimum Gasteiger partial charge on any atom is -0.256 e. The molecule has 0 aliphatic heterocycles. The van der Waals surface area contributed by atoms with Gasteiger partial charge in [0.05, 0.1) is 19.3 Å². The summed E-state index contributed by atoms with van der Waals surface area (Å²) >= 11 is 0. The van der Waals surface area contributed by atoms with Crippen molar-refractivity contribution >= 4 is 13.3 Å². The SMILES string of the molecule is C[Si](C)(C)c1ccc(-c2ccc(C(F)(F)F)c(-c3ccccc3)c2)nc1. The molecule has 0 atom stereocenters. The number of rotatable bonds is 3.